The van der Waals surface area contributed by atoms with Crippen LogP contribution < -0.4 is 0 Å². The minimum atomic E-state index is -0.0342. The average molecular weight is 144 g/mol. The summed E-state index contributed by atoms with van der Waals surface area (Å²) in [7, 11) is 0. The molecule has 0 spiro atoms. The fourth-order valence-electron chi connectivity index (χ4n) is 0.441. The van der Waals surface area contributed by atoms with Gasteiger partial charge in [-0.1, -0.05) is 19.1 Å². The van der Waals surface area contributed by atoms with Crippen LogP contribution in [0.4, 0.5) is 0 Å². The lowest BCUT2D eigenvalue weighted by Gasteiger charge is -1.99. The van der Waals surface area contributed by atoms with Gasteiger partial charge in [0.15, 0.2) is 5.12 Å². The molecule has 0 bridgehead atoms. The molecule has 1 nitrogen and oxygen atoms in total. The third kappa shape index (κ3) is 4.28. The molecule has 0 aliphatic rings. The van der Waals surface area contributed by atoms with Crippen LogP contribution in [-0.2, 0) is 4.79 Å². The van der Waals surface area contributed by atoms with Gasteiger partial charge in [0.25, 0.3) is 0 Å². The predicted octanol–water partition coefficient (Wildman–Crippen LogP) is 2.05. The molecular weight excluding hydrogens is 132 g/mol. The van der Waals surface area contributed by atoms with E-state index in [1.807, 2.05) is 26.0 Å². The first-order valence-corrected chi connectivity index (χ1v) is 3.47. The van der Waals surface area contributed by atoms with Gasteiger partial charge in [-0.2, -0.15) is 0 Å². The van der Waals surface area contributed by atoms with Crippen molar-refractivity contribution in [3.05, 3.63) is 12.2 Å². The maximum atomic E-state index is 10.5. The lowest BCUT2D eigenvalue weighted by Crippen LogP contribution is -2.01. The van der Waals surface area contributed by atoms with E-state index in [-0.39, 0.29) is 11.0 Å². The van der Waals surface area contributed by atoms with Crippen molar-refractivity contribution in [2.24, 2.45) is 5.92 Å². The number of carbonyl (C=O) groups is 1. The van der Waals surface area contributed by atoms with Crippen LogP contribution in [0.3, 0.4) is 0 Å². The van der Waals surface area contributed by atoms with E-state index in [1.54, 1.807) is 0 Å². The molecule has 9 heavy (non-hydrogen) atoms. The average Bonchev–Trinajstić information content (AvgIpc) is 1.82. The summed E-state index contributed by atoms with van der Waals surface area (Å²) in [5.41, 5.74) is 0. The number of rotatable bonds is 3. The van der Waals surface area contributed by atoms with Crippen molar-refractivity contribution in [1.82, 2.24) is 0 Å². The zero-order valence-corrected chi connectivity index (χ0v) is 6.69. The summed E-state index contributed by atoms with van der Waals surface area (Å²) in [6.07, 6.45) is 4.71. The Morgan fingerprint density at radius 2 is 2.33 bits per heavy atom. The normalized spacial score (nSPS) is 14.1. The molecule has 0 radical (unpaired) electrons. The Labute approximate surface area is 61.6 Å². The summed E-state index contributed by atoms with van der Waals surface area (Å²) in [6.45, 7) is 3.81. The number of carbonyl (C=O) groups excluding carboxylic acids is 1. The molecule has 2 heteroatoms. The zero-order chi connectivity index (χ0) is 7.28. The summed E-state index contributed by atoms with van der Waals surface area (Å²) >= 11 is 3.69. The van der Waals surface area contributed by atoms with E-state index in [0.29, 0.717) is 0 Å². The van der Waals surface area contributed by atoms with Gasteiger partial charge in [-0.3, -0.25) is 4.79 Å². The van der Waals surface area contributed by atoms with Crippen molar-refractivity contribution in [2.75, 3.05) is 0 Å². The molecule has 0 N–H and O–H groups in total. The van der Waals surface area contributed by atoms with Gasteiger partial charge in [0.05, 0.1) is 0 Å². The van der Waals surface area contributed by atoms with Crippen molar-refractivity contribution in [1.29, 1.82) is 0 Å². The number of allylic oxidation sites excluding steroid dienone is 2. The lowest BCUT2D eigenvalue weighted by molar-refractivity contribution is -0.113. The highest BCUT2D eigenvalue weighted by atomic mass is 32.1. The first kappa shape index (κ1) is 8.76. The molecule has 0 rings (SSSR count). The standard InChI is InChI=1S/C7H12OS/c1-3-4-5-6(2)7(8)9/h3-4,6H,5H2,1-2H3,(H,8,9)/b4-3+. The van der Waals surface area contributed by atoms with Crippen LogP contribution in [0.2, 0.25) is 0 Å². The van der Waals surface area contributed by atoms with Crippen molar-refractivity contribution in [3.63, 3.8) is 0 Å². The zero-order valence-electron chi connectivity index (χ0n) is 5.79. The van der Waals surface area contributed by atoms with Gasteiger partial charge in [0, 0.05) is 5.92 Å². The molecule has 1 unspecified atom stereocenters. The monoisotopic (exact) mass is 144 g/mol. The molecule has 52 valence electrons. The van der Waals surface area contributed by atoms with Crippen molar-refractivity contribution in [2.45, 2.75) is 20.3 Å². The Bertz CT molecular complexity index is 118. The summed E-state index contributed by atoms with van der Waals surface area (Å²) < 4.78 is 0. The van der Waals surface area contributed by atoms with Crippen LogP contribution in [0.25, 0.3) is 0 Å². The summed E-state index contributed by atoms with van der Waals surface area (Å²) in [6, 6.07) is 0. The molecule has 0 amide bonds. The first-order valence-electron chi connectivity index (χ1n) is 3.02. The van der Waals surface area contributed by atoms with Crippen molar-refractivity contribution >= 4 is 17.7 Å². The van der Waals surface area contributed by atoms with Crippen LogP contribution in [0.5, 0.6) is 0 Å². The highest BCUT2D eigenvalue weighted by Crippen LogP contribution is 2.05. The summed E-state index contributed by atoms with van der Waals surface area (Å²) in [5, 5.41) is -0.0342. The molecule has 0 heterocycles. The minimum Gasteiger partial charge on any atom is -0.287 e. The van der Waals surface area contributed by atoms with E-state index in [4.69, 9.17) is 0 Å². The SMILES string of the molecule is C/C=C/CC(C)C(=O)S. The second-order valence-electron chi connectivity index (χ2n) is 2.04. The minimum absolute atomic E-state index is 0.0342. The van der Waals surface area contributed by atoms with Crippen LogP contribution in [-0.4, -0.2) is 5.12 Å². The smallest absolute Gasteiger partial charge is 0.189 e. The van der Waals surface area contributed by atoms with Crippen molar-refractivity contribution < 1.29 is 4.79 Å². The molecule has 0 aromatic heterocycles. The second-order valence-corrected chi connectivity index (χ2v) is 2.48. The lowest BCUT2D eigenvalue weighted by atomic mass is 10.1. The van der Waals surface area contributed by atoms with Gasteiger partial charge in [-0.25, -0.2) is 0 Å². The molecule has 0 aromatic rings. The van der Waals surface area contributed by atoms with E-state index in [0.717, 1.165) is 6.42 Å². The summed E-state index contributed by atoms with van der Waals surface area (Å²) in [5.74, 6) is 0.0598. The molecule has 1 atom stereocenters. The second kappa shape index (κ2) is 4.62. The fraction of sp³-hybridized carbons (Fsp3) is 0.571. The Hall–Kier alpha value is -0.240. The van der Waals surface area contributed by atoms with Crippen LogP contribution in [0.15, 0.2) is 12.2 Å². The predicted molar refractivity (Wildman–Crippen MR) is 42.6 cm³/mol. The van der Waals surface area contributed by atoms with Crippen molar-refractivity contribution in [3.8, 4) is 0 Å². The van der Waals surface area contributed by atoms with E-state index >= 15 is 0 Å². The fourth-order valence-corrected chi connectivity index (χ4v) is 0.546. The molecule has 0 saturated carbocycles. The summed E-state index contributed by atoms with van der Waals surface area (Å²) in [4.78, 5) is 10.5. The van der Waals surface area contributed by atoms with Gasteiger partial charge in [-0.05, 0) is 13.3 Å². The van der Waals surface area contributed by atoms with Gasteiger partial charge in [-0.15, -0.1) is 12.6 Å². The Morgan fingerprint density at radius 1 is 1.78 bits per heavy atom. The maximum Gasteiger partial charge on any atom is 0.189 e. The topological polar surface area (TPSA) is 17.1 Å². The van der Waals surface area contributed by atoms with Gasteiger partial charge >= 0.3 is 0 Å². The van der Waals surface area contributed by atoms with E-state index < -0.39 is 0 Å². The molecular formula is C7H12OS. The van der Waals surface area contributed by atoms with Gasteiger partial charge in [0.2, 0.25) is 0 Å². The first-order chi connectivity index (χ1) is 4.18. The number of thiol groups is 1. The van der Waals surface area contributed by atoms with E-state index in [2.05, 4.69) is 12.6 Å². The molecule has 0 saturated heterocycles. The number of hydrogen-bond acceptors (Lipinski definition) is 1. The Balaban J connectivity index is 3.50. The molecule has 0 fully saturated rings. The highest BCUT2D eigenvalue weighted by Gasteiger charge is 2.04. The molecule has 0 aliphatic heterocycles. The molecule has 0 aliphatic carbocycles. The highest BCUT2D eigenvalue weighted by molar-refractivity contribution is 7.96. The Kier molecular flexibility index (Phi) is 4.50. The number of hydrogen-bond donors (Lipinski definition) is 1. The van der Waals surface area contributed by atoms with Gasteiger partial charge < -0.3 is 0 Å². The third-order valence-electron chi connectivity index (χ3n) is 1.15. The third-order valence-corrected chi connectivity index (χ3v) is 1.59. The van der Waals surface area contributed by atoms with Gasteiger partial charge in [0.1, 0.15) is 0 Å². The Morgan fingerprint density at radius 3 is 2.67 bits per heavy atom. The van der Waals surface area contributed by atoms with E-state index in [9.17, 15) is 4.79 Å². The van der Waals surface area contributed by atoms with Crippen LogP contribution in [0.1, 0.15) is 20.3 Å². The van der Waals surface area contributed by atoms with E-state index in [1.165, 1.54) is 0 Å². The maximum absolute atomic E-state index is 10.5. The molecule has 0 aromatic carbocycles. The van der Waals surface area contributed by atoms with Crippen LogP contribution in [0, 0.1) is 5.92 Å². The largest absolute Gasteiger partial charge is 0.287 e. The van der Waals surface area contributed by atoms with Crippen LogP contribution >= 0.6 is 12.6 Å². The quantitative estimate of drug-likeness (QED) is 0.474.